The lowest BCUT2D eigenvalue weighted by atomic mass is 10.1. The number of benzene rings is 1. The van der Waals surface area contributed by atoms with E-state index in [-0.39, 0.29) is 10.6 Å². The summed E-state index contributed by atoms with van der Waals surface area (Å²) >= 11 is 0. The van der Waals surface area contributed by atoms with Crippen LogP contribution in [0, 0.1) is 17.0 Å². The van der Waals surface area contributed by atoms with E-state index < -0.39 is 0 Å². The molecule has 0 saturated carbocycles. The number of aromatic nitrogens is 1. The minimum absolute atomic E-state index is 0.0547. The minimum Gasteiger partial charge on any atom is -0.379 e. The molecule has 2 heterocycles. The first kappa shape index (κ1) is 16.6. The molecule has 0 spiro atoms. The van der Waals surface area contributed by atoms with Crippen molar-refractivity contribution in [3.8, 4) is 0 Å². The van der Waals surface area contributed by atoms with Crippen molar-refractivity contribution in [3.05, 3.63) is 40.1 Å². The van der Waals surface area contributed by atoms with E-state index in [2.05, 4.69) is 14.8 Å². The average molecular weight is 330 g/mol. The van der Waals surface area contributed by atoms with E-state index in [1.54, 1.807) is 6.07 Å². The van der Waals surface area contributed by atoms with Gasteiger partial charge < -0.3 is 9.64 Å². The fourth-order valence-corrected chi connectivity index (χ4v) is 3.04. The number of ether oxygens (including phenoxy) is 1. The molecule has 1 aliphatic rings. The molecule has 7 nitrogen and oxygen atoms in total. The Kier molecular flexibility index (Phi) is 4.92. The number of aryl methyl sites for hydroxylation is 1. The normalized spacial score (nSPS) is 15.6. The number of pyridine rings is 1. The van der Waals surface area contributed by atoms with E-state index in [9.17, 15) is 10.1 Å². The van der Waals surface area contributed by atoms with Crippen molar-refractivity contribution in [3.63, 3.8) is 0 Å². The number of hydrogen-bond donors (Lipinski definition) is 0. The Bertz CT molecular complexity index is 744. The van der Waals surface area contributed by atoms with Crippen LogP contribution >= 0.6 is 0 Å². The number of nitro benzene ring substituents is 1. The molecule has 0 unspecified atom stereocenters. The molecule has 0 bridgehead atoms. The van der Waals surface area contributed by atoms with Crippen molar-refractivity contribution >= 4 is 22.3 Å². The predicted molar refractivity (Wildman–Crippen MR) is 93.7 cm³/mol. The summed E-state index contributed by atoms with van der Waals surface area (Å²) in [5.74, 6) is 0. The number of likely N-dealkylation sites (N-methyl/N-ethyl adjacent to an activating group) is 1. The summed E-state index contributed by atoms with van der Waals surface area (Å²) in [5, 5.41) is 12.1. The van der Waals surface area contributed by atoms with Gasteiger partial charge in [-0.3, -0.25) is 15.0 Å². The van der Waals surface area contributed by atoms with E-state index in [0.717, 1.165) is 56.2 Å². The molecule has 24 heavy (non-hydrogen) atoms. The molecule has 1 fully saturated rings. The Morgan fingerprint density at radius 1 is 1.38 bits per heavy atom. The molecule has 3 rings (SSSR count). The van der Waals surface area contributed by atoms with Gasteiger partial charge in [-0.1, -0.05) is 12.1 Å². The fraction of sp³-hybridized carbons (Fsp3) is 0.471. The molecule has 1 aromatic carbocycles. The second-order valence-electron chi connectivity index (χ2n) is 6.09. The highest BCUT2D eigenvalue weighted by molar-refractivity contribution is 5.97. The van der Waals surface area contributed by atoms with Crippen molar-refractivity contribution in [2.24, 2.45) is 0 Å². The highest BCUT2D eigenvalue weighted by atomic mass is 16.6. The van der Waals surface area contributed by atoms with Crippen LogP contribution in [0.25, 0.3) is 10.9 Å². The summed E-state index contributed by atoms with van der Waals surface area (Å²) in [7, 11) is 2.02. The van der Waals surface area contributed by atoms with Crippen LogP contribution in [-0.4, -0.2) is 61.2 Å². The van der Waals surface area contributed by atoms with Gasteiger partial charge in [0, 0.05) is 56.1 Å². The Morgan fingerprint density at radius 2 is 2.12 bits per heavy atom. The van der Waals surface area contributed by atoms with E-state index in [0.29, 0.717) is 5.52 Å². The van der Waals surface area contributed by atoms with Crippen LogP contribution in [-0.2, 0) is 4.74 Å². The van der Waals surface area contributed by atoms with Crippen molar-refractivity contribution < 1.29 is 9.66 Å². The highest BCUT2D eigenvalue weighted by Crippen LogP contribution is 2.31. The summed E-state index contributed by atoms with van der Waals surface area (Å²) in [5.41, 5.74) is 2.27. The van der Waals surface area contributed by atoms with Crippen LogP contribution < -0.4 is 4.90 Å². The second-order valence-corrected chi connectivity index (χ2v) is 6.09. The maximum Gasteiger partial charge on any atom is 0.295 e. The largest absolute Gasteiger partial charge is 0.379 e. The summed E-state index contributed by atoms with van der Waals surface area (Å²) in [6, 6.07) is 7.11. The maximum absolute atomic E-state index is 11.3. The second kappa shape index (κ2) is 7.11. The lowest BCUT2D eigenvalue weighted by molar-refractivity contribution is -0.383. The number of anilines is 1. The van der Waals surface area contributed by atoms with Gasteiger partial charge in [-0.2, -0.15) is 0 Å². The molecule has 1 aromatic heterocycles. The van der Waals surface area contributed by atoms with Crippen LogP contribution in [0.1, 0.15) is 5.69 Å². The van der Waals surface area contributed by atoms with Gasteiger partial charge in [0.25, 0.3) is 5.69 Å². The number of nitro groups is 1. The maximum atomic E-state index is 11.3. The van der Waals surface area contributed by atoms with Gasteiger partial charge in [-0.15, -0.1) is 0 Å². The van der Waals surface area contributed by atoms with Crippen LogP contribution in [0.15, 0.2) is 24.3 Å². The molecule has 1 aliphatic heterocycles. The lowest BCUT2D eigenvalue weighted by Crippen LogP contribution is -2.40. The Balaban J connectivity index is 1.87. The molecular formula is C17H22N4O3. The molecule has 0 amide bonds. The van der Waals surface area contributed by atoms with Crippen LogP contribution in [0.4, 0.5) is 11.4 Å². The summed E-state index contributed by atoms with van der Waals surface area (Å²) in [6.45, 7) is 7.14. The SMILES string of the molecule is Cc1cc(N(C)CCN2CCOCC2)c2cccc([N+](=O)[O-])c2n1. The van der Waals surface area contributed by atoms with Gasteiger partial charge in [0.1, 0.15) is 0 Å². The third-order valence-corrected chi connectivity index (χ3v) is 4.39. The third kappa shape index (κ3) is 3.47. The van der Waals surface area contributed by atoms with E-state index in [1.165, 1.54) is 6.07 Å². The summed E-state index contributed by atoms with van der Waals surface area (Å²) in [6.07, 6.45) is 0. The molecule has 0 atom stereocenters. The number of non-ortho nitro benzene ring substituents is 1. The van der Waals surface area contributed by atoms with Gasteiger partial charge >= 0.3 is 0 Å². The molecule has 0 N–H and O–H groups in total. The van der Waals surface area contributed by atoms with Gasteiger partial charge in [-0.05, 0) is 13.0 Å². The molecule has 1 saturated heterocycles. The first-order valence-corrected chi connectivity index (χ1v) is 8.12. The van der Waals surface area contributed by atoms with Crippen LogP contribution in [0.2, 0.25) is 0 Å². The standard InChI is InChI=1S/C17H22N4O3/c1-13-12-16(19(2)6-7-20-8-10-24-11-9-20)14-4-3-5-15(21(22)23)17(14)18-13/h3-5,12H,6-11H2,1-2H3. The first-order chi connectivity index (χ1) is 11.6. The lowest BCUT2D eigenvalue weighted by Gasteiger charge is -2.29. The Labute approximate surface area is 141 Å². The van der Waals surface area contributed by atoms with Gasteiger partial charge in [0.2, 0.25) is 0 Å². The van der Waals surface area contributed by atoms with E-state index >= 15 is 0 Å². The van der Waals surface area contributed by atoms with Crippen molar-refractivity contribution in [2.45, 2.75) is 6.92 Å². The number of morpholine rings is 1. The number of hydrogen-bond acceptors (Lipinski definition) is 6. The molecular weight excluding hydrogens is 308 g/mol. The predicted octanol–water partition coefficient (Wildman–Crippen LogP) is 2.22. The van der Waals surface area contributed by atoms with E-state index in [4.69, 9.17) is 4.74 Å². The first-order valence-electron chi connectivity index (χ1n) is 8.12. The molecule has 128 valence electrons. The smallest absolute Gasteiger partial charge is 0.295 e. The molecule has 0 radical (unpaired) electrons. The molecule has 0 aliphatic carbocycles. The van der Waals surface area contributed by atoms with Crippen LogP contribution in [0.5, 0.6) is 0 Å². The quantitative estimate of drug-likeness (QED) is 0.618. The zero-order valence-electron chi connectivity index (χ0n) is 14.1. The van der Waals surface area contributed by atoms with E-state index in [1.807, 2.05) is 26.1 Å². The average Bonchev–Trinajstić information content (AvgIpc) is 2.59. The number of nitrogens with zero attached hydrogens (tertiary/aromatic N) is 4. The van der Waals surface area contributed by atoms with Gasteiger partial charge in [-0.25, -0.2) is 4.98 Å². The topological polar surface area (TPSA) is 71.7 Å². The van der Waals surface area contributed by atoms with Crippen molar-refractivity contribution in [2.75, 3.05) is 51.3 Å². The number of rotatable bonds is 5. The summed E-state index contributed by atoms with van der Waals surface area (Å²) < 4.78 is 5.37. The highest BCUT2D eigenvalue weighted by Gasteiger charge is 2.18. The van der Waals surface area contributed by atoms with Crippen molar-refractivity contribution in [1.82, 2.24) is 9.88 Å². The number of fused-ring (bicyclic) bond motifs is 1. The van der Waals surface area contributed by atoms with Crippen LogP contribution in [0.3, 0.4) is 0 Å². The zero-order valence-corrected chi connectivity index (χ0v) is 14.1. The third-order valence-electron chi connectivity index (χ3n) is 4.39. The molecule has 7 heteroatoms. The summed E-state index contributed by atoms with van der Waals surface area (Å²) in [4.78, 5) is 19.8. The van der Waals surface area contributed by atoms with Crippen molar-refractivity contribution in [1.29, 1.82) is 0 Å². The fourth-order valence-electron chi connectivity index (χ4n) is 3.04. The Hall–Kier alpha value is -2.25. The molecule has 2 aromatic rings. The van der Waals surface area contributed by atoms with Gasteiger partial charge in [0.05, 0.1) is 18.1 Å². The van der Waals surface area contributed by atoms with Gasteiger partial charge in [0.15, 0.2) is 5.52 Å². The zero-order chi connectivity index (χ0) is 17.1. The monoisotopic (exact) mass is 330 g/mol. The Morgan fingerprint density at radius 3 is 2.83 bits per heavy atom. The number of para-hydroxylation sites is 1. The minimum atomic E-state index is -0.369.